The summed E-state index contributed by atoms with van der Waals surface area (Å²) in [6, 6.07) is 6.44. The zero-order valence-corrected chi connectivity index (χ0v) is 13.1. The lowest BCUT2D eigenvalue weighted by Crippen LogP contribution is -2.53. The van der Waals surface area contributed by atoms with Crippen molar-refractivity contribution in [3.63, 3.8) is 0 Å². The van der Waals surface area contributed by atoms with Crippen LogP contribution in [0.1, 0.15) is 25.8 Å². The van der Waals surface area contributed by atoms with Gasteiger partial charge in [0.1, 0.15) is 0 Å². The van der Waals surface area contributed by atoms with Crippen molar-refractivity contribution in [1.29, 1.82) is 0 Å². The fourth-order valence-corrected chi connectivity index (χ4v) is 2.21. The Bertz CT molecular complexity index is 503. The number of amides is 1. The van der Waals surface area contributed by atoms with Gasteiger partial charge in [0.15, 0.2) is 5.54 Å². The first-order valence-electron chi connectivity index (χ1n) is 6.67. The van der Waals surface area contributed by atoms with Gasteiger partial charge in [-0.3, -0.25) is 4.79 Å². The summed E-state index contributed by atoms with van der Waals surface area (Å²) in [6.45, 7) is 3.62. The van der Waals surface area contributed by atoms with Crippen LogP contribution in [0.15, 0.2) is 24.3 Å². The summed E-state index contributed by atoms with van der Waals surface area (Å²) < 4.78 is 4.93. The number of carboxylic acid groups (broad SMARTS) is 1. The highest BCUT2D eigenvalue weighted by atomic mass is 35.5. The summed E-state index contributed by atoms with van der Waals surface area (Å²) in [4.78, 5) is 23.9. The molecule has 0 spiro atoms. The van der Waals surface area contributed by atoms with Gasteiger partial charge in [-0.25, -0.2) is 4.79 Å². The van der Waals surface area contributed by atoms with Gasteiger partial charge in [-0.1, -0.05) is 37.6 Å². The number of carboxylic acids is 1. The molecular weight excluding hydrogens is 294 g/mol. The van der Waals surface area contributed by atoms with E-state index in [4.69, 9.17) is 16.3 Å². The van der Waals surface area contributed by atoms with E-state index in [1.165, 1.54) is 7.11 Å². The third kappa shape index (κ3) is 3.95. The van der Waals surface area contributed by atoms with Gasteiger partial charge in [-0.15, -0.1) is 0 Å². The molecule has 2 N–H and O–H groups in total. The molecule has 5 nitrogen and oxygen atoms in total. The lowest BCUT2D eigenvalue weighted by molar-refractivity contribution is -0.149. The van der Waals surface area contributed by atoms with Crippen molar-refractivity contribution in [2.45, 2.75) is 25.8 Å². The van der Waals surface area contributed by atoms with E-state index >= 15 is 0 Å². The third-order valence-corrected chi connectivity index (χ3v) is 3.69. The minimum absolute atomic E-state index is 0.218. The molecule has 0 bridgehead atoms. The number of carbonyl (C=O) groups is 2. The monoisotopic (exact) mass is 313 g/mol. The summed E-state index contributed by atoms with van der Waals surface area (Å²) in [7, 11) is 1.49. The maximum Gasteiger partial charge on any atom is 0.334 e. The van der Waals surface area contributed by atoms with Crippen molar-refractivity contribution in [3.8, 4) is 0 Å². The van der Waals surface area contributed by atoms with Crippen molar-refractivity contribution in [2.24, 2.45) is 5.92 Å². The molecule has 0 saturated heterocycles. The van der Waals surface area contributed by atoms with Crippen LogP contribution < -0.4 is 5.32 Å². The highest BCUT2D eigenvalue weighted by Crippen LogP contribution is 2.27. The Kier molecular flexibility index (Phi) is 6.18. The zero-order valence-electron chi connectivity index (χ0n) is 12.4. The summed E-state index contributed by atoms with van der Waals surface area (Å²) in [5, 5.41) is 12.8. The molecule has 0 heterocycles. The molecule has 116 valence electrons. The summed E-state index contributed by atoms with van der Waals surface area (Å²) >= 11 is 5.83. The Morgan fingerprint density at radius 3 is 2.38 bits per heavy atom. The van der Waals surface area contributed by atoms with Gasteiger partial charge in [0, 0.05) is 12.1 Å². The third-order valence-electron chi connectivity index (χ3n) is 3.43. The Labute approximate surface area is 129 Å². The maximum atomic E-state index is 12.2. The van der Waals surface area contributed by atoms with E-state index in [0.717, 1.165) is 0 Å². The lowest BCUT2D eigenvalue weighted by atomic mass is 9.86. The first-order chi connectivity index (χ1) is 9.87. The molecule has 0 fully saturated rings. The number of methoxy groups -OCH3 is 1. The van der Waals surface area contributed by atoms with Gasteiger partial charge in [0.25, 0.3) is 0 Å². The van der Waals surface area contributed by atoms with Gasteiger partial charge in [0.05, 0.1) is 12.5 Å². The topological polar surface area (TPSA) is 75.6 Å². The summed E-state index contributed by atoms with van der Waals surface area (Å²) in [6.07, 6.45) is 0.218. The molecule has 1 aromatic carbocycles. The minimum Gasteiger partial charge on any atom is -0.479 e. The second kappa shape index (κ2) is 7.43. The van der Waals surface area contributed by atoms with Crippen LogP contribution in [-0.4, -0.2) is 30.7 Å². The van der Waals surface area contributed by atoms with Gasteiger partial charge in [-0.05, 0) is 24.1 Å². The molecule has 0 radical (unpaired) electrons. The quantitative estimate of drug-likeness (QED) is 0.810. The first kappa shape index (κ1) is 17.5. The van der Waals surface area contributed by atoms with E-state index in [9.17, 15) is 14.7 Å². The second-order valence-electron chi connectivity index (χ2n) is 4.92. The predicted octanol–water partition coefficient (Wildman–Crippen LogP) is 2.43. The number of hydrogen-bond acceptors (Lipinski definition) is 3. The first-order valence-corrected chi connectivity index (χ1v) is 7.05. The number of hydrogen-bond donors (Lipinski definition) is 2. The smallest absolute Gasteiger partial charge is 0.334 e. The molecular formula is C15H20ClNO4. The van der Waals surface area contributed by atoms with Crippen molar-refractivity contribution in [1.82, 2.24) is 5.32 Å². The van der Waals surface area contributed by atoms with Crippen molar-refractivity contribution in [2.75, 3.05) is 13.7 Å². The molecule has 0 saturated carbocycles. The van der Waals surface area contributed by atoms with Crippen LogP contribution >= 0.6 is 11.6 Å². The summed E-state index contributed by atoms with van der Waals surface area (Å²) in [5.74, 6) is -1.91. The average Bonchev–Trinajstić information content (AvgIpc) is 2.45. The number of nitrogens with one attached hydrogen (secondary N) is 1. The molecule has 0 aliphatic heterocycles. The Morgan fingerprint density at radius 1 is 1.38 bits per heavy atom. The molecule has 21 heavy (non-hydrogen) atoms. The Hall–Kier alpha value is -1.59. The van der Waals surface area contributed by atoms with Crippen LogP contribution in [-0.2, 0) is 19.9 Å². The molecule has 0 aliphatic rings. The van der Waals surface area contributed by atoms with Crippen LogP contribution in [0.4, 0.5) is 0 Å². The number of ether oxygens (including phenoxy) is 1. The van der Waals surface area contributed by atoms with Crippen LogP contribution in [0.2, 0.25) is 5.02 Å². The van der Waals surface area contributed by atoms with Gasteiger partial charge in [0.2, 0.25) is 5.91 Å². The predicted molar refractivity (Wildman–Crippen MR) is 80.2 cm³/mol. The number of aliphatic carboxylic acids is 1. The largest absolute Gasteiger partial charge is 0.479 e. The maximum absolute atomic E-state index is 12.2. The van der Waals surface area contributed by atoms with Crippen LogP contribution in [0, 0.1) is 5.92 Å². The summed E-state index contributed by atoms with van der Waals surface area (Å²) in [5.41, 5.74) is -0.983. The van der Waals surface area contributed by atoms with Crippen LogP contribution in [0.5, 0.6) is 0 Å². The van der Waals surface area contributed by atoms with Crippen LogP contribution in [0.25, 0.3) is 0 Å². The van der Waals surface area contributed by atoms with E-state index in [2.05, 4.69) is 5.32 Å². The fourth-order valence-electron chi connectivity index (χ4n) is 2.09. The number of halogens is 1. The second-order valence-corrected chi connectivity index (χ2v) is 5.35. The van der Waals surface area contributed by atoms with Gasteiger partial charge in [-0.2, -0.15) is 0 Å². The highest BCUT2D eigenvalue weighted by Gasteiger charge is 2.41. The standard InChI is InChI=1S/C15H20ClNO4/c1-4-15(14(19)20,11-5-7-12(16)8-6-11)17-13(18)10(2)9-21-3/h5-8,10H,4,9H2,1-3H3,(H,17,18)(H,19,20). The van der Waals surface area contributed by atoms with E-state index in [0.29, 0.717) is 10.6 Å². The van der Waals surface area contributed by atoms with Crippen molar-refractivity contribution < 1.29 is 19.4 Å². The van der Waals surface area contributed by atoms with E-state index < -0.39 is 17.4 Å². The molecule has 2 unspecified atom stereocenters. The number of rotatable bonds is 7. The van der Waals surface area contributed by atoms with Crippen molar-refractivity contribution in [3.05, 3.63) is 34.9 Å². The molecule has 1 amide bonds. The van der Waals surface area contributed by atoms with Gasteiger partial charge < -0.3 is 15.2 Å². The SMILES string of the molecule is CCC(NC(=O)C(C)COC)(C(=O)O)c1ccc(Cl)cc1. The molecule has 2 atom stereocenters. The molecule has 0 aromatic heterocycles. The normalized spacial score (nSPS) is 15.0. The lowest BCUT2D eigenvalue weighted by Gasteiger charge is -2.31. The molecule has 6 heteroatoms. The molecule has 0 aliphatic carbocycles. The van der Waals surface area contributed by atoms with E-state index in [1.54, 1.807) is 38.1 Å². The Balaban J connectivity index is 3.13. The van der Waals surface area contributed by atoms with Gasteiger partial charge >= 0.3 is 5.97 Å². The fraction of sp³-hybridized carbons (Fsp3) is 0.467. The Morgan fingerprint density at radius 2 is 1.95 bits per heavy atom. The van der Waals surface area contributed by atoms with Crippen molar-refractivity contribution >= 4 is 23.5 Å². The zero-order chi connectivity index (χ0) is 16.0. The highest BCUT2D eigenvalue weighted by molar-refractivity contribution is 6.30. The molecule has 1 aromatic rings. The number of carbonyl (C=O) groups excluding carboxylic acids is 1. The average molecular weight is 314 g/mol. The van der Waals surface area contributed by atoms with E-state index in [1.807, 2.05) is 0 Å². The van der Waals surface area contributed by atoms with Crippen LogP contribution in [0.3, 0.4) is 0 Å². The van der Waals surface area contributed by atoms with E-state index in [-0.39, 0.29) is 18.9 Å². The minimum atomic E-state index is -1.47. The molecule has 1 rings (SSSR count). The number of benzene rings is 1.